The third-order valence-electron chi connectivity index (χ3n) is 3.67. The number of aromatic nitrogens is 4. The maximum absolute atomic E-state index is 11.8. The minimum absolute atomic E-state index is 0.0834. The Labute approximate surface area is 106 Å². The van der Waals surface area contributed by atoms with Crippen LogP contribution in [0.2, 0.25) is 0 Å². The highest BCUT2D eigenvalue weighted by Gasteiger charge is 2.35. The van der Waals surface area contributed by atoms with Gasteiger partial charge in [-0.3, -0.25) is 4.79 Å². The molecule has 1 fully saturated rings. The van der Waals surface area contributed by atoms with Crippen molar-refractivity contribution < 1.29 is 9.53 Å². The van der Waals surface area contributed by atoms with Crippen LogP contribution in [0.3, 0.4) is 0 Å². The molecule has 1 amide bonds. The average Bonchev–Trinajstić information content (AvgIpc) is 2.93. The van der Waals surface area contributed by atoms with E-state index in [0.717, 1.165) is 25.7 Å². The van der Waals surface area contributed by atoms with Gasteiger partial charge in [0, 0.05) is 12.6 Å². The largest absolute Gasteiger partial charge is 0.375 e. The number of hydrogen-bond acceptors (Lipinski definition) is 5. The zero-order chi connectivity index (χ0) is 13.0. The van der Waals surface area contributed by atoms with Crippen LogP contribution in [0.4, 0.5) is 0 Å². The van der Waals surface area contributed by atoms with Gasteiger partial charge in [-0.05, 0) is 30.9 Å². The van der Waals surface area contributed by atoms with Crippen molar-refractivity contribution in [3.63, 3.8) is 0 Å². The van der Waals surface area contributed by atoms with Gasteiger partial charge in [-0.25, -0.2) is 0 Å². The monoisotopic (exact) mass is 253 g/mol. The van der Waals surface area contributed by atoms with Crippen LogP contribution in [0.5, 0.6) is 0 Å². The second-order valence-corrected chi connectivity index (χ2v) is 4.64. The molecule has 18 heavy (non-hydrogen) atoms. The van der Waals surface area contributed by atoms with Crippen molar-refractivity contribution in [2.75, 3.05) is 6.61 Å². The lowest BCUT2D eigenvalue weighted by Gasteiger charge is -2.40. The smallest absolute Gasteiger partial charge is 0.293 e. The number of carbonyl (C=O) groups excluding carboxylic acids is 1. The van der Waals surface area contributed by atoms with Crippen molar-refractivity contribution in [3.8, 4) is 0 Å². The quantitative estimate of drug-likeness (QED) is 0.822. The highest BCUT2D eigenvalue weighted by atomic mass is 16.5. The third-order valence-corrected chi connectivity index (χ3v) is 3.67. The molecule has 7 heteroatoms. The molecular formula is C11H19N5O2. The van der Waals surface area contributed by atoms with E-state index in [4.69, 9.17) is 4.74 Å². The molecular weight excluding hydrogens is 234 g/mol. The standard InChI is InChI=1S/C11H19N5O2/c1-3-11(4-2)7-8(5-6-18-11)12-10(17)9-13-15-16-14-9/h8H,3-7H2,1-2H3,(H,12,17)(H,13,14,15,16). The molecule has 1 atom stereocenters. The Morgan fingerprint density at radius 3 is 2.94 bits per heavy atom. The molecule has 1 saturated heterocycles. The maximum atomic E-state index is 11.8. The number of H-pyrrole nitrogens is 1. The summed E-state index contributed by atoms with van der Waals surface area (Å²) in [6, 6.07) is 0.115. The summed E-state index contributed by atoms with van der Waals surface area (Å²) < 4.78 is 5.87. The number of nitrogens with one attached hydrogen (secondary N) is 2. The van der Waals surface area contributed by atoms with Crippen LogP contribution < -0.4 is 5.32 Å². The first kappa shape index (κ1) is 12.9. The average molecular weight is 253 g/mol. The summed E-state index contributed by atoms with van der Waals surface area (Å²) in [6.45, 7) is 4.92. The molecule has 0 bridgehead atoms. The van der Waals surface area contributed by atoms with Gasteiger partial charge in [0.1, 0.15) is 0 Å². The Bertz CT molecular complexity index is 388. The summed E-state index contributed by atoms with van der Waals surface area (Å²) in [5, 5.41) is 15.9. The van der Waals surface area contributed by atoms with Gasteiger partial charge in [-0.2, -0.15) is 5.21 Å². The van der Waals surface area contributed by atoms with Gasteiger partial charge >= 0.3 is 0 Å². The van der Waals surface area contributed by atoms with E-state index in [1.54, 1.807) is 0 Å². The van der Waals surface area contributed by atoms with Crippen LogP contribution in [0.15, 0.2) is 0 Å². The molecule has 1 aromatic rings. The van der Waals surface area contributed by atoms with Gasteiger partial charge in [0.25, 0.3) is 11.7 Å². The van der Waals surface area contributed by atoms with Crippen LogP contribution >= 0.6 is 0 Å². The molecule has 100 valence electrons. The molecule has 7 nitrogen and oxygen atoms in total. The Balaban J connectivity index is 1.96. The first-order chi connectivity index (χ1) is 8.69. The van der Waals surface area contributed by atoms with E-state index < -0.39 is 0 Å². The summed E-state index contributed by atoms with van der Waals surface area (Å²) >= 11 is 0. The van der Waals surface area contributed by atoms with E-state index >= 15 is 0 Å². The number of ether oxygens (including phenoxy) is 1. The minimum atomic E-state index is -0.281. The number of tetrazole rings is 1. The molecule has 2 heterocycles. The number of aromatic amines is 1. The summed E-state index contributed by atoms with van der Waals surface area (Å²) in [5.74, 6) is -0.197. The molecule has 1 unspecified atom stereocenters. The van der Waals surface area contributed by atoms with Crippen molar-refractivity contribution in [1.29, 1.82) is 0 Å². The molecule has 0 spiro atoms. The highest BCUT2D eigenvalue weighted by Crippen LogP contribution is 2.31. The lowest BCUT2D eigenvalue weighted by Crippen LogP contribution is -2.48. The Morgan fingerprint density at radius 2 is 2.33 bits per heavy atom. The molecule has 1 aromatic heterocycles. The van der Waals surface area contributed by atoms with Crippen molar-refractivity contribution in [2.24, 2.45) is 0 Å². The van der Waals surface area contributed by atoms with E-state index in [9.17, 15) is 4.79 Å². The number of carbonyl (C=O) groups is 1. The topological polar surface area (TPSA) is 92.8 Å². The van der Waals surface area contributed by atoms with Crippen LogP contribution in [-0.2, 0) is 4.74 Å². The predicted molar refractivity (Wildman–Crippen MR) is 63.9 cm³/mol. The lowest BCUT2D eigenvalue weighted by molar-refractivity contribution is -0.0918. The molecule has 1 aliphatic heterocycles. The summed E-state index contributed by atoms with van der Waals surface area (Å²) in [4.78, 5) is 11.8. The van der Waals surface area contributed by atoms with E-state index in [1.807, 2.05) is 0 Å². The van der Waals surface area contributed by atoms with Crippen LogP contribution in [0.25, 0.3) is 0 Å². The molecule has 0 saturated carbocycles. The van der Waals surface area contributed by atoms with Crippen molar-refractivity contribution >= 4 is 5.91 Å². The Kier molecular flexibility index (Phi) is 3.90. The minimum Gasteiger partial charge on any atom is -0.375 e. The third kappa shape index (κ3) is 2.66. The predicted octanol–water partition coefficient (Wildman–Crippen LogP) is 0.667. The molecule has 0 radical (unpaired) electrons. The van der Waals surface area contributed by atoms with Gasteiger partial charge in [-0.1, -0.05) is 13.8 Å². The SMILES string of the molecule is CCC1(CC)CC(NC(=O)c2nn[nH]n2)CCO1. The zero-order valence-corrected chi connectivity index (χ0v) is 10.8. The molecule has 2 N–H and O–H groups in total. The molecule has 2 rings (SSSR count). The van der Waals surface area contributed by atoms with Crippen molar-refractivity contribution in [2.45, 2.75) is 51.2 Å². The van der Waals surface area contributed by atoms with E-state index in [1.165, 1.54) is 0 Å². The van der Waals surface area contributed by atoms with E-state index in [-0.39, 0.29) is 23.4 Å². The summed E-state index contributed by atoms with van der Waals surface area (Å²) in [7, 11) is 0. The number of nitrogens with zero attached hydrogens (tertiary/aromatic N) is 3. The number of hydrogen-bond donors (Lipinski definition) is 2. The zero-order valence-electron chi connectivity index (χ0n) is 10.8. The van der Waals surface area contributed by atoms with E-state index in [0.29, 0.717) is 6.61 Å². The molecule has 0 aromatic carbocycles. The van der Waals surface area contributed by atoms with Gasteiger partial charge in [0.2, 0.25) is 0 Å². The second kappa shape index (κ2) is 5.43. The number of rotatable bonds is 4. The van der Waals surface area contributed by atoms with Crippen LogP contribution in [0.1, 0.15) is 50.1 Å². The van der Waals surface area contributed by atoms with Gasteiger partial charge in [-0.15, -0.1) is 10.2 Å². The molecule has 1 aliphatic rings. The number of amides is 1. The first-order valence-electron chi connectivity index (χ1n) is 6.37. The fourth-order valence-corrected chi connectivity index (χ4v) is 2.40. The van der Waals surface area contributed by atoms with Crippen LogP contribution in [-0.4, -0.2) is 44.8 Å². The normalized spacial score (nSPS) is 22.7. The van der Waals surface area contributed by atoms with Gasteiger partial charge in [0.15, 0.2) is 0 Å². The fourth-order valence-electron chi connectivity index (χ4n) is 2.40. The second-order valence-electron chi connectivity index (χ2n) is 4.64. The van der Waals surface area contributed by atoms with Gasteiger partial charge in [0.05, 0.1) is 5.60 Å². The van der Waals surface area contributed by atoms with Crippen LogP contribution in [0, 0.1) is 0 Å². The van der Waals surface area contributed by atoms with E-state index in [2.05, 4.69) is 39.8 Å². The van der Waals surface area contributed by atoms with Gasteiger partial charge < -0.3 is 10.1 Å². The Hall–Kier alpha value is -1.50. The lowest BCUT2D eigenvalue weighted by atomic mass is 9.86. The summed E-state index contributed by atoms with van der Waals surface area (Å²) in [5.41, 5.74) is -0.104. The van der Waals surface area contributed by atoms with Crippen molar-refractivity contribution in [3.05, 3.63) is 5.82 Å². The Morgan fingerprint density at radius 1 is 1.56 bits per heavy atom. The highest BCUT2D eigenvalue weighted by molar-refractivity contribution is 5.90. The first-order valence-corrected chi connectivity index (χ1v) is 6.37. The fraction of sp³-hybridized carbons (Fsp3) is 0.818. The maximum Gasteiger partial charge on any atom is 0.293 e. The summed E-state index contributed by atoms with van der Waals surface area (Å²) in [6.07, 6.45) is 3.57. The molecule has 0 aliphatic carbocycles. The van der Waals surface area contributed by atoms with Crippen molar-refractivity contribution in [1.82, 2.24) is 25.9 Å².